The number of hydrogen-bond acceptors (Lipinski definition) is 2. The predicted molar refractivity (Wildman–Crippen MR) is 60.0 cm³/mol. The molecular weight excluding hydrogens is 204 g/mol. The third kappa shape index (κ3) is 1.54. The molecule has 0 N–H and O–H groups in total. The number of amides is 3. The van der Waals surface area contributed by atoms with Crippen molar-refractivity contribution in [2.75, 3.05) is 7.05 Å². The van der Waals surface area contributed by atoms with Gasteiger partial charge in [0, 0.05) is 0 Å². The van der Waals surface area contributed by atoms with Gasteiger partial charge in [0.05, 0.1) is 13.8 Å². The van der Waals surface area contributed by atoms with Crippen molar-refractivity contribution in [2.45, 2.75) is 0 Å². The molecule has 0 saturated carbocycles. The van der Waals surface area contributed by atoms with E-state index in [-0.39, 0.29) is 5.91 Å². The minimum atomic E-state index is -0.426. The minimum Gasteiger partial charge on any atom is -0.240 e. The van der Waals surface area contributed by atoms with Crippen LogP contribution in [0.25, 0.3) is 5.57 Å². The Bertz CT molecular complexity index is 503. The molecule has 3 amide bonds. The van der Waals surface area contributed by atoms with Gasteiger partial charge in [0.25, 0.3) is 0 Å². The SMILES string of the molecule is C=[N+]1C(=O)C(c2ccccc2)=CN(C)C1=O. The molecule has 1 aliphatic heterocycles. The summed E-state index contributed by atoms with van der Waals surface area (Å²) in [7, 11) is 1.59. The van der Waals surface area contributed by atoms with Crippen molar-refractivity contribution in [3.8, 4) is 0 Å². The van der Waals surface area contributed by atoms with Gasteiger partial charge in [-0.3, -0.25) is 0 Å². The second kappa shape index (κ2) is 3.73. The van der Waals surface area contributed by atoms with Gasteiger partial charge in [0.1, 0.15) is 11.8 Å². The topological polar surface area (TPSA) is 40.4 Å². The Balaban J connectivity index is 2.50. The highest BCUT2D eigenvalue weighted by Crippen LogP contribution is 2.19. The zero-order valence-corrected chi connectivity index (χ0v) is 8.88. The second-order valence-corrected chi connectivity index (χ2v) is 3.54. The molecule has 4 heteroatoms. The number of rotatable bonds is 1. The number of urea groups is 1. The Morgan fingerprint density at radius 3 is 2.44 bits per heavy atom. The van der Waals surface area contributed by atoms with E-state index in [1.807, 2.05) is 30.3 Å². The fourth-order valence-corrected chi connectivity index (χ4v) is 1.54. The Morgan fingerprint density at radius 2 is 1.81 bits per heavy atom. The van der Waals surface area contributed by atoms with Crippen LogP contribution in [-0.2, 0) is 4.79 Å². The van der Waals surface area contributed by atoms with E-state index in [0.29, 0.717) is 5.57 Å². The molecule has 0 saturated heterocycles. The molecule has 0 unspecified atom stereocenters. The van der Waals surface area contributed by atoms with Gasteiger partial charge >= 0.3 is 11.9 Å². The fraction of sp³-hybridized carbons (Fsp3) is 0.0833. The molecule has 1 aromatic carbocycles. The second-order valence-electron chi connectivity index (χ2n) is 3.54. The van der Waals surface area contributed by atoms with Crippen LogP contribution in [0.5, 0.6) is 0 Å². The number of hydrogen-bond donors (Lipinski definition) is 0. The van der Waals surface area contributed by atoms with E-state index in [1.165, 1.54) is 11.1 Å². The van der Waals surface area contributed by atoms with Crippen LogP contribution in [0, 0.1) is 0 Å². The lowest BCUT2D eigenvalue weighted by molar-refractivity contribution is -0.351. The van der Waals surface area contributed by atoms with Crippen molar-refractivity contribution in [1.82, 2.24) is 4.90 Å². The molecule has 80 valence electrons. The predicted octanol–water partition coefficient (Wildman–Crippen LogP) is 1.33. The molecule has 0 fully saturated rings. The van der Waals surface area contributed by atoms with Crippen LogP contribution in [0.2, 0.25) is 0 Å². The Hall–Kier alpha value is -2.23. The van der Waals surface area contributed by atoms with Crippen LogP contribution in [0.15, 0.2) is 36.5 Å². The molecule has 0 bridgehead atoms. The normalized spacial score (nSPS) is 16.4. The lowest BCUT2D eigenvalue weighted by atomic mass is 10.1. The van der Waals surface area contributed by atoms with Crippen LogP contribution in [0.3, 0.4) is 0 Å². The summed E-state index contributed by atoms with van der Waals surface area (Å²) in [5, 5.41) is 0. The maximum absolute atomic E-state index is 11.8. The molecule has 0 aromatic heterocycles. The molecule has 0 aliphatic carbocycles. The number of nitrogens with zero attached hydrogens (tertiary/aromatic N) is 2. The van der Waals surface area contributed by atoms with Gasteiger partial charge in [-0.1, -0.05) is 30.3 Å². The summed E-state index contributed by atoms with van der Waals surface area (Å²) >= 11 is 0. The summed E-state index contributed by atoms with van der Waals surface area (Å²) in [5.74, 6) is -0.380. The maximum atomic E-state index is 11.8. The highest BCUT2D eigenvalue weighted by atomic mass is 16.2. The molecular formula is C12H11N2O2+. The van der Waals surface area contributed by atoms with Gasteiger partial charge in [-0.25, -0.2) is 4.79 Å². The number of carbonyl (C=O) groups is 2. The van der Waals surface area contributed by atoms with Gasteiger partial charge < -0.3 is 0 Å². The zero-order valence-electron chi connectivity index (χ0n) is 8.88. The first-order chi connectivity index (χ1) is 7.61. The smallest absolute Gasteiger partial charge is 0.240 e. The van der Waals surface area contributed by atoms with Crippen molar-refractivity contribution >= 4 is 24.2 Å². The third-order valence-electron chi connectivity index (χ3n) is 2.42. The minimum absolute atomic E-state index is 0.380. The largest absolute Gasteiger partial charge is 0.505 e. The first-order valence-corrected chi connectivity index (χ1v) is 4.80. The molecule has 0 radical (unpaired) electrons. The molecule has 1 aliphatic rings. The van der Waals surface area contributed by atoms with Gasteiger partial charge in [-0.05, 0) is 5.56 Å². The Labute approximate surface area is 93.1 Å². The summed E-state index contributed by atoms with van der Waals surface area (Å²) in [5.41, 5.74) is 1.25. The summed E-state index contributed by atoms with van der Waals surface area (Å²) < 4.78 is 0.863. The zero-order chi connectivity index (χ0) is 11.7. The molecule has 0 atom stereocenters. The molecule has 4 nitrogen and oxygen atoms in total. The lowest BCUT2D eigenvalue weighted by Gasteiger charge is -2.14. The van der Waals surface area contributed by atoms with E-state index >= 15 is 0 Å². The van der Waals surface area contributed by atoms with Crippen molar-refractivity contribution in [3.05, 3.63) is 42.1 Å². The highest BCUT2D eigenvalue weighted by Gasteiger charge is 2.35. The molecule has 16 heavy (non-hydrogen) atoms. The van der Waals surface area contributed by atoms with E-state index in [4.69, 9.17) is 0 Å². The Morgan fingerprint density at radius 1 is 1.19 bits per heavy atom. The van der Waals surface area contributed by atoms with E-state index in [0.717, 1.165) is 10.1 Å². The van der Waals surface area contributed by atoms with Crippen molar-refractivity contribution < 1.29 is 14.2 Å². The van der Waals surface area contributed by atoms with Crippen LogP contribution in [-0.4, -0.2) is 35.2 Å². The molecule has 1 aromatic rings. The molecule has 1 heterocycles. The van der Waals surface area contributed by atoms with Crippen molar-refractivity contribution in [3.63, 3.8) is 0 Å². The van der Waals surface area contributed by atoms with Gasteiger partial charge in [0.2, 0.25) is 0 Å². The van der Waals surface area contributed by atoms with Crippen molar-refractivity contribution in [1.29, 1.82) is 0 Å². The summed E-state index contributed by atoms with van der Waals surface area (Å²) in [6.07, 6.45) is 1.53. The lowest BCUT2D eigenvalue weighted by Crippen LogP contribution is -2.39. The molecule has 2 rings (SSSR count). The maximum Gasteiger partial charge on any atom is 0.505 e. The van der Waals surface area contributed by atoms with Crippen molar-refractivity contribution in [2.24, 2.45) is 0 Å². The number of imide groups is 1. The first-order valence-electron chi connectivity index (χ1n) is 4.80. The number of benzene rings is 1. The van der Waals surface area contributed by atoms with Crippen LogP contribution >= 0.6 is 0 Å². The average molecular weight is 215 g/mol. The van der Waals surface area contributed by atoms with Crippen LogP contribution in [0.1, 0.15) is 5.56 Å². The summed E-state index contributed by atoms with van der Waals surface area (Å²) in [6, 6.07) is 8.77. The average Bonchev–Trinajstić information content (AvgIpc) is 2.32. The summed E-state index contributed by atoms with van der Waals surface area (Å²) in [4.78, 5) is 24.6. The van der Waals surface area contributed by atoms with E-state index < -0.39 is 6.03 Å². The quantitative estimate of drug-likeness (QED) is 0.663. The Kier molecular flexibility index (Phi) is 2.40. The van der Waals surface area contributed by atoms with Crippen LogP contribution in [0.4, 0.5) is 4.79 Å². The van der Waals surface area contributed by atoms with Gasteiger partial charge in [-0.2, -0.15) is 9.69 Å². The summed E-state index contributed by atoms with van der Waals surface area (Å²) in [6.45, 7) is 3.44. The fourth-order valence-electron chi connectivity index (χ4n) is 1.54. The van der Waals surface area contributed by atoms with Gasteiger partial charge in [0.15, 0.2) is 0 Å². The number of carbonyl (C=O) groups excluding carboxylic acids is 2. The van der Waals surface area contributed by atoms with E-state index in [9.17, 15) is 9.59 Å². The third-order valence-corrected chi connectivity index (χ3v) is 2.42. The van der Waals surface area contributed by atoms with E-state index in [1.54, 1.807) is 7.05 Å². The standard InChI is InChI=1S/C12H11N2O2/c1-13-8-10(9-6-4-3-5-7-9)11(15)14(2)12(13)16/h3-8H,2H2,1H3/q+1. The molecule has 0 spiro atoms. The first kappa shape index (κ1) is 10.3. The van der Waals surface area contributed by atoms with E-state index in [2.05, 4.69) is 6.72 Å². The van der Waals surface area contributed by atoms with Gasteiger partial charge in [-0.15, -0.1) is 4.58 Å². The van der Waals surface area contributed by atoms with Crippen LogP contribution < -0.4 is 0 Å². The monoisotopic (exact) mass is 215 g/mol. The highest BCUT2D eigenvalue weighted by molar-refractivity contribution is 6.19.